The molecule has 1 N–H and O–H groups in total. The van der Waals surface area contributed by atoms with Gasteiger partial charge in [0.15, 0.2) is 0 Å². The van der Waals surface area contributed by atoms with Crippen LogP contribution in [-0.4, -0.2) is 13.7 Å². The number of ether oxygens (including phenoxy) is 1. The molecular formula is C15H23NO. The molecule has 0 spiro atoms. The molecule has 0 aliphatic heterocycles. The Kier molecular flexibility index (Phi) is 6.41. The van der Waals surface area contributed by atoms with Gasteiger partial charge in [-0.25, -0.2) is 0 Å². The van der Waals surface area contributed by atoms with Gasteiger partial charge in [-0.2, -0.15) is 0 Å². The van der Waals surface area contributed by atoms with Crippen molar-refractivity contribution >= 4 is 0 Å². The van der Waals surface area contributed by atoms with Crippen LogP contribution in [0.2, 0.25) is 0 Å². The first-order valence-electron chi connectivity index (χ1n) is 6.32. The molecule has 1 unspecified atom stereocenters. The summed E-state index contributed by atoms with van der Waals surface area (Å²) in [6.07, 6.45) is 5.36. The zero-order chi connectivity index (χ0) is 12.5. The Morgan fingerprint density at radius 2 is 2.06 bits per heavy atom. The van der Waals surface area contributed by atoms with E-state index in [4.69, 9.17) is 4.74 Å². The van der Waals surface area contributed by atoms with E-state index in [-0.39, 0.29) is 0 Å². The number of hydrogen-bond donors (Lipinski definition) is 1. The van der Waals surface area contributed by atoms with Gasteiger partial charge in [-0.05, 0) is 50.9 Å². The van der Waals surface area contributed by atoms with Crippen molar-refractivity contribution in [3.05, 3.63) is 42.5 Å². The summed E-state index contributed by atoms with van der Waals surface area (Å²) >= 11 is 0. The molecule has 94 valence electrons. The highest BCUT2D eigenvalue weighted by atomic mass is 16.5. The zero-order valence-electron chi connectivity index (χ0n) is 10.9. The predicted molar refractivity (Wildman–Crippen MR) is 73.5 cm³/mol. The van der Waals surface area contributed by atoms with Crippen molar-refractivity contribution in [3.8, 4) is 5.75 Å². The molecule has 0 saturated carbocycles. The summed E-state index contributed by atoms with van der Waals surface area (Å²) in [6, 6.07) is 8.78. The molecule has 1 aromatic rings. The average molecular weight is 233 g/mol. The van der Waals surface area contributed by atoms with E-state index in [1.54, 1.807) is 0 Å². The largest absolute Gasteiger partial charge is 0.494 e. The molecule has 0 radical (unpaired) electrons. The van der Waals surface area contributed by atoms with Crippen LogP contribution >= 0.6 is 0 Å². The average Bonchev–Trinajstić information content (AvgIpc) is 2.36. The fraction of sp³-hybridized carbons (Fsp3) is 0.467. The van der Waals surface area contributed by atoms with Gasteiger partial charge < -0.3 is 10.1 Å². The predicted octanol–water partition coefficient (Wildman–Crippen LogP) is 3.70. The molecule has 0 fully saturated rings. The van der Waals surface area contributed by atoms with Crippen LogP contribution in [0.15, 0.2) is 36.9 Å². The molecule has 0 amide bonds. The van der Waals surface area contributed by atoms with Crippen LogP contribution in [0.4, 0.5) is 0 Å². The van der Waals surface area contributed by atoms with Gasteiger partial charge in [0.1, 0.15) is 5.75 Å². The summed E-state index contributed by atoms with van der Waals surface area (Å²) in [4.78, 5) is 0. The van der Waals surface area contributed by atoms with Crippen molar-refractivity contribution in [2.75, 3.05) is 13.7 Å². The van der Waals surface area contributed by atoms with Gasteiger partial charge in [-0.1, -0.05) is 18.2 Å². The van der Waals surface area contributed by atoms with Gasteiger partial charge in [0.05, 0.1) is 6.61 Å². The molecule has 0 heterocycles. The van der Waals surface area contributed by atoms with Crippen molar-refractivity contribution in [2.24, 2.45) is 0 Å². The number of allylic oxidation sites excluding steroid dienone is 1. The lowest BCUT2D eigenvalue weighted by molar-refractivity contribution is 0.340. The van der Waals surface area contributed by atoms with Crippen molar-refractivity contribution in [1.29, 1.82) is 0 Å². The lowest BCUT2D eigenvalue weighted by Crippen LogP contribution is -2.16. The minimum absolute atomic E-state index is 0.422. The molecule has 0 bridgehead atoms. The normalized spacial score (nSPS) is 12.1. The molecule has 0 aliphatic rings. The van der Waals surface area contributed by atoms with E-state index in [0.717, 1.165) is 18.6 Å². The van der Waals surface area contributed by atoms with Crippen LogP contribution in [-0.2, 0) is 0 Å². The van der Waals surface area contributed by atoms with Crippen LogP contribution < -0.4 is 10.1 Å². The lowest BCUT2D eigenvalue weighted by atomic mass is 10.0. The van der Waals surface area contributed by atoms with Crippen molar-refractivity contribution in [2.45, 2.75) is 32.2 Å². The van der Waals surface area contributed by atoms with Crippen LogP contribution in [0.5, 0.6) is 5.75 Å². The highest BCUT2D eigenvalue weighted by Crippen LogP contribution is 2.21. The molecule has 1 rings (SSSR count). The Labute approximate surface area is 105 Å². The molecule has 1 atom stereocenters. The van der Waals surface area contributed by atoms with Crippen LogP contribution in [0.3, 0.4) is 0 Å². The van der Waals surface area contributed by atoms with E-state index in [1.807, 2.05) is 32.2 Å². The monoisotopic (exact) mass is 233 g/mol. The van der Waals surface area contributed by atoms with Crippen molar-refractivity contribution in [1.82, 2.24) is 5.32 Å². The molecule has 0 aliphatic carbocycles. The summed E-state index contributed by atoms with van der Waals surface area (Å²) in [5.74, 6) is 0.942. The minimum Gasteiger partial charge on any atom is -0.494 e. The molecule has 2 nitrogen and oxygen atoms in total. The van der Waals surface area contributed by atoms with Crippen LogP contribution in [0, 0.1) is 0 Å². The third-order valence-electron chi connectivity index (χ3n) is 2.84. The molecule has 2 heteroatoms. The summed E-state index contributed by atoms with van der Waals surface area (Å²) in [7, 11) is 2.01. The van der Waals surface area contributed by atoms with Crippen LogP contribution in [0.25, 0.3) is 0 Å². The topological polar surface area (TPSA) is 21.3 Å². The maximum Gasteiger partial charge on any atom is 0.119 e. The Morgan fingerprint density at radius 3 is 2.59 bits per heavy atom. The zero-order valence-corrected chi connectivity index (χ0v) is 10.9. The summed E-state index contributed by atoms with van der Waals surface area (Å²) in [5.41, 5.74) is 1.32. The highest BCUT2D eigenvalue weighted by Gasteiger charge is 2.08. The minimum atomic E-state index is 0.422. The van der Waals surface area contributed by atoms with E-state index in [2.05, 4.69) is 24.0 Å². The van der Waals surface area contributed by atoms with E-state index in [0.29, 0.717) is 12.6 Å². The van der Waals surface area contributed by atoms with Crippen molar-refractivity contribution < 1.29 is 4.74 Å². The van der Waals surface area contributed by atoms with E-state index >= 15 is 0 Å². The third kappa shape index (κ3) is 4.61. The summed E-state index contributed by atoms with van der Waals surface area (Å²) in [6.45, 7) is 6.47. The first kappa shape index (κ1) is 13.8. The number of rotatable bonds is 8. The molecule has 17 heavy (non-hydrogen) atoms. The standard InChI is InChI=1S/C15H23NO/c1-4-6-7-8-15(16-3)13-9-11-14(12-10-13)17-5-2/h4,9-12,15-16H,1,5-8H2,2-3H3. The fourth-order valence-electron chi connectivity index (χ4n) is 1.91. The van der Waals surface area contributed by atoms with Gasteiger partial charge >= 0.3 is 0 Å². The second kappa shape index (κ2) is 7.91. The summed E-state index contributed by atoms with van der Waals surface area (Å²) < 4.78 is 5.44. The maximum atomic E-state index is 5.44. The molecular weight excluding hydrogens is 210 g/mol. The number of benzene rings is 1. The maximum absolute atomic E-state index is 5.44. The van der Waals surface area contributed by atoms with Gasteiger partial charge in [-0.15, -0.1) is 6.58 Å². The summed E-state index contributed by atoms with van der Waals surface area (Å²) in [5, 5.41) is 3.35. The fourth-order valence-corrected chi connectivity index (χ4v) is 1.91. The van der Waals surface area contributed by atoms with Gasteiger partial charge in [-0.3, -0.25) is 0 Å². The lowest BCUT2D eigenvalue weighted by Gasteiger charge is -2.16. The SMILES string of the molecule is C=CCCCC(NC)c1ccc(OCC)cc1. The van der Waals surface area contributed by atoms with E-state index in [1.165, 1.54) is 12.0 Å². The quantitative estimate of drug-likeness (QED) is 0.546. The Bertz CT molecular complexity index is 318. The van der Waals surface area contributed by atoms with Gasteiger partial charge in [0.25, 0.3) is 0 Å². The second-order valence-corrected chi connectivity index (χ2v) is 4.06. The van der Waals surface area contributed by atoms with Crippen molar-refractivity contribution in [3.63, 3.8) is 0 Å². The van der Waals surface area contributed by atoms with Gasteiger partial charge in [0, 0.05) is 6.04 Å². The van der Waals surface area contributed by atoms with E-state index in [9.17, 15) is 0 Å². The Balaban J connectivity index is 2.58. The smallest absolute Gasteiger partial charge is 0.119 e. The first-order valence-corrected chi connectivity index (χ1v) is 6.32. The third-order valence-corrected chi connectivity index (χ3v) is 2.84. The highest BCUT2D eigenvalue weighted by molar-refractivity contribution is 5.29. The molecule has 0 saturated heterocycles. The molecule has 0 aromatic heterocycles. The van der Waals surface area contributed by atoms with Gasteiger partial charge in [0.2, 0.25) is 0 Å². The van der Waals surface area contributed by atoms with E-state index < -0.39 is 0 Å². The van der Waals surface area contributed by atoms with Crippen LogP contribution in [0.1, 0.15) is 37.8 Å². The number of hydrogen-bond acceptors (Lipinski definition) is 2. The molecule has 1 aromatic carbocycles. The number of unbranched alkanes of at least 4 members (excludes halogenated alkanes) is 1. The second-order valence-electron chi connectivity index (χ2n) is 4.06. The number of nitrogens with one attached hydrogen (secondary N) is 1. The Hall–Kier alpha value is -1.28. The Morgan fingerprint density at radius 1 is 1.35 bits per heavy atom. The first-order chi connectivity index (χ1) is 8.31.